The van der Waals surface area contributed by atoms with E-state index in [4.69, 9.17) is 21.1 Å². The van der Waals surface area contributed by atoms with Crippen molar-refractivity contribution in [2.45, 2.75) is 26.4 Å². The summed E-state index contributed by atoms with van der Waals surface area (Å²) in [5.74, 6) is 2.03. The zero-order valence-corrected chi connectivity index (χ0v) is 18.6. The molecular formula is C17H22ClIN4O2S. The lowest BCUT2D eigenvalue weighted by Crippen LogP contribution is -2.36. The highest BCUT2D eigenvalue weighted by atomic mass is 127. The number of thiazole rings is 1. The minimum atomic E-state index is 0. The Morgan fingerprint density at radius 2 is 2.04 bits per heavy atom. The van der Waals surface area contributed by atoms with Gasteiger partial charge in [0.05, 0.1) is 24.8 Å². The minimum Gasteiger partial charge on any atom is -0.489 e. The number of fused-ring (bicyclic) bond motifs is 1. The van der Waals surface area contributed by atoms with E-state index in [2.05, 4.69) is 20.6 Å². The van der Waals surface area contributed by atoms with Crippen LogP contribution in [0.1, 0.15) is 21.9 Å². The number of benzene rings is 1. The molecule has 2 aromatic rings. The van der Waals surface area contributed by atoms with Crippen LogP contribution in [0.3, 0.4) is 0 Å². The number of aryl methyl sites for hydroxylation is 1. The standard InChI is InChI=1S/C17H21ClN4O2S.HI/c1-11-8-20-15(25-11)10-22-17(19-2)21-9-12-6-13(18)16-14(7-12)23-4-3-5-24-16;/h6-8H,3-5,9-10H2,1-2H3,(H2,19,21,22);1H. The smallest absolute Gasteiger partial charge is 0.191 e. The fourth-order valence-electron chi connectivity index (χ4n) is 2.44. The molecule has 3 rings (SSSR count). The molecule has 1 aromatic carbocycles. The summed E-state index contributed by atoms with van der Waals surface area (Å²) in [4.78, 5) is 9.76. The maximum Gasteiger partial charge on any atom is 0.191 e. The molecule has 142 valence electrons. The fourth-order valence-corrected chi connectivity index (χ4v) is 3.45. The van der Waals surface area contributed by atoms with Crippen LogP contribution in [0.5, 0.6) is 11.5 Å². The first-order valence-electron chi connectivity index (χ1n) is 8.09. The predicted octanol–water partition coefficient (Wildman–Crippen LogP) is 3.75. The number of guanidine groups is 1. The highest BCUT2D eigenvalue weighted by Crippen LogP contribution is 2.37. The molecule has 0 unspecified atom stereocenters. The van der Waals surface area contributed by atoms with Crippen LogP contribution in [0.4, 0.5) is 0 Å². The fraction of sp³-hybridized carbons (Fsp3) is 0.412. The lowest BCUT2D eigenvalue weighted by atomic mass is 10.2. The van der Waals surface area contributed by atoms with Gasteiger partial charge in [0, 0.05) is 31.1 Å². The molecule has 0 aliphatic carbocycles. The van der Waals surface area contributed by atoms with E-state index >= 15 is 0 Å². The van der Waals surface area contributed by atoms with Crippen molar-refractivity contribution >= 4 is 52.9 Å². The van der Waals surface area contributed by atoms with Crippen molar-refractivity contribution in [3.05, 3.63) is 38.8 Å². The van der Waals surface area contributed by atoms with Gasteiger partial charge in [-0.1, -0.05) is 11.6 Å². The number of hydrogen-bond donors (Lipinski definition) is 2. The monoisotopic (exact) mass is 508 g/mol. The Morgan fingerprint density at radius 1 is 1.27 bits per heavy atom. The third kappa shape index (κ3) is 5.62. The molecule has 0 fully saturated rings. The van der Waals surface area contributed by atoms with Crippen LogP contribution in [0.25, 0.3) is 0 Å². The summed E-state index contributed by atoms with van der Waals surface area (Å²) in [6, 6.07) is 3.84. The van der Waals surface area contributed by atoms with E-state index in [1.54, 1.807) is 18.4 Å². The molecule has 6 nitrogen and oxygen atoms in total. The van der Waals surface area contributed by atoms with Crippen LogP contribution in [-0.4, -0.2) is 31.2 Å². The molecule has 0 spiro atoms. The highest BCUT2D eigenvalue weighted by Gasteiger charge is 2.15. The van der Waals surface area contributed by atoms with Crippen LogP contribution in [0.15, 0.2) is 23.3 Å². The summed E-state index contributed by atoms with van der Waals surface area (Å²) in [6.07, 6.45) is 2.73. The van der Waals surface area contributed by atoms with Gasteiger partial charge in [-0.2, -0.15) is 0 Å². The first kappa shape index (κ1) is 21.0. The molecule has 0 saturated heterocycles. The molecule has 1 aromatic heterocycles. The molecule has 2 heterocycles. The molecule has 0 radical (unpaired) electrons. The number of hydrogen-bond acceptors (Lipinski definition) is 5. The number of nitrogens with zero attached hydrogens (tertiary/aromatic N) is 2. The minimum absolute atomic E-state index is 0. The third-order valence-electron chi connectivity index (χ3n) is 3.62. The number of aliphatic imine (C=N–C) groups is 1. The predicted molar refractivity (Wildman–Crippen MR) is 116 cm³/mol. The quantitative estimate of drug-likeness (QED) is 0.374. The van der Waals surface area contributed by atoms with Crippen molar-refractivity contribution in [3.8, 4) is 11.5 Å². The van der Waals surface area contributed by atoms with Crippen LogP contribution in [-0.2, 0) is 13.1 Å². The average Bonchev–Trinajstić information content (AvgIpc) is 2.87. The van der Waals surface area contributed by atoms with Crippen LogP contribution in [0.2, 0.25) is 5.02 Å². The lowest BCUT2D eigenvalue weighted by molar-refractivity contribution is 0.297. The van der Waals surface area contributed by atoms with E-state index < -0.39 is 0 Å². The second kappa shape index (κ2) is 10.2. The topological polar surface area (TPSA) is 67.8 Å². The van der Waals surface area contributed by atoms with E-state index in [1.807, 2.05) is 25.3 Å². The van der Waals surface area contributed by atoms with Crippen molar-refractivity contribution < 1.29 is 9.47 Å². The van der Waals surface area contributed by atoms with Gasteiger partial charge in [0.15, 0.2) is 17.5 Å². The molecule has 1 aliphatic rings. The van der Waals surface area contributed by atoms with Crippen molar-refractivity contribution in [1.29, 1.82) is 0 Å². The molecule has 26 heavy (non-hydrogen) atoms. The Kier molecular flexibility index (Phi) is 8.23. The van der Waals surface area contributed by atoms with Gasteiger partial charge in [-0.15, -0.1) is 35.3 Å². The SMILES string of the molecule is CN=C(NCc1cc(Cl)c2c(c1)OCCCO2)NCc1ncc(C)s1.I. The van der Waals surface area contributed by atoms with E-state index in [9.17, 15) is 0 Å². The molecule has 0 bridgehead atoms. The van der Waals surface area contributed by atoms with Crippen LogP contribution < -0.4 is 20.1 Å². The second-order valence-electron chi connectivity index (χ2n) is 5.60. The summed E-state index contributed by atoms with van der Waals surface area (Å²) in [5.41, 5.74) is 1.00. The number of nitrogens with one attached hydrogen (secondary N) is 2. The molecule has 2 N–H and O–H groups in total. The summed E-state index contributed by atoms with van der Waals surface area (Å²) in [5, 5.41) is 8.12. The van der Waals surface area contributed by atoms with E-state index in [-0.39, 0.29) is 24.0 Å². The molecular weight excluding hydrogens is 487 g/mol. The maximum absolute atomic E-state index is 6.33. The molecule has 1 aliphatic heterocycles. The third-order valence-corrected chi connectivity index (χ3v) is 4.82. The Bertz CT molecular complexity index is 769. The maximum atomic E-state index is 6.33. The van der Waals surface area contributed by atoms with Gasteiger partial charge in [0.25, 0.3) is 0 Å². The zero-order chi connectivity index (χ0) is 17.6. The summed E-state index contributed by atoms with van der Waals surface area (Å²) in [6.45, 7) is 4.52. The lowest BCUT2D eigenvalue weighted by Gasteiger charge is -2.14. The normalized spacial score (nSPS) is 13.6. The Labute approximate surface area is 179 Å². The van der Waals surface area contributed by atoms with Gasteiger partial charge in [-0.25, -0.2) is 4.98 Å². The van der Waals surface area contributed by atoms with Gasteiger partial charge in [-0.05, 0) is 24.6 Å². The number of rotatable bonds is 4. The first-order chi connectivity index (χ1) is 12.2. The van der Waals surface area contributed by atoms with Gasteiger partial charge in [-0.3, -0.25) is 4.99 Å². The van der Waals surface area contributed by atoms with Gasteiger partial charge < -0.3 is 20.1 Å². The van der Waals surface area contributed by atoms with Gasteiger partial charge >= 0.3 is 0 Å². The van der Waals surface area contributed by atoms with E-state index in [1.165, 1.54) is 4.88 Å². The molecule has 0 saturated carbocycles. The summed E-state index contributed by atoms with van der Waals surface area (Å²) >= 11 is 8.00. The van der Waals surface area contributed by atoms with Gasteiger partial charge in [0.1, 0.15) is 5.01 Å². The zero-order valence-electron chi connectivity index (χ0n) is 14.7. The first-order valence-corrected chi connectivity index (χ1v) is 9.29. The Hall–Kier alpha value is -1.26. The van der Waals surface area contributed by atoms with E-state index in [0.717, 1.165) is 17.0 Å². The second-order valence-corrected chi connectivity index (χ2v) is 7.33. The molecule has 9 heteroatoms. The van der Waals surface area contributed by atoms with Crippen LogP contribution in [0, 0.1) is 6.92 Å². The van der Waals surface area contributed by atoms with Crippen molar-refractivity contribution in [1.82, 2.24) is 15.6 Å². The average molecular weight is 509 g/mol. The Balaban J connectivity index is 0.00000243. The van der Waals surface area contributed by atoms with E-state index in [0.29, 0.717) is 48.8 Å². The highest BCUT2D eigenvalue weighted by molar-refractivity contribution is 14.0. The molecule has 0 atom stereocenters. The summed E-state index contributed by atoms with van der Waals surface area (Å²) < 4.78 is 11.4. The van der Waals surface area contributed by atoms with Crippen LogP contribution >= 0.6 is 46.9 Å². The Morgan fingerprint density at radius 3 is 2.77 bits per heavy atom. The molecule has 0 amide bonds. The number of halogens is 2. The summed E-state index contributed by atoms with van der Waals surface area (Å²) in [7, 11) is 1.74. The number of ether oxygens (including phenoxy) is 2. The van der Waals surface area contributed by atoms with Crippen molar-refractivity contribution in [3.63, 3.8) is 0 Å². The van der Waals surface area contributed by atoms with Gasteiger partial charge in [0.2, 0.25) is 0 Å². The number of aromatic nitrogens is 1. The van der Waals surface area contributed by atoms with Crippen molar-refractivity contribution in [2.24, 2.45) is 4.99 Å². The van der Waals surface area contributed by atoms with Crippen molar-refractivity contribution in [2.75, 3.05) is 20.3 Å². The largest absolute Gasteiger partial charge is 0.489 e.